The first kappa shape index (κ1) is 10.7. The van der Waals surface area contributed by atoms with E-state index in [4.69, 9.17) is 11.6 Å². The van der Waals surface area contributed by atoms with E-state index in [2.05, 4.69) is 28.9 Å². The molecule has 0 radical (unpaired) electrons. The van der Waals surface area contributed by atoms with Crippen LogP contribution >= 0.6 is 11.6 Å². The van der Waals surface area contributed by atoms with E-state index in [1.807, 2.05) is 13.1 Å². The van der Waals surface area contributed by atoms with Gasteiger partial charge in [-0.2, -0.15) is 0 Å². The molecule has 82 valence electrons. The van der Waals surface area contributed by atoms with Crippen LogP contribution in [0.2, 0.25) is 0 Å². The smallest absolute Gasteiger partial charge is 0.0399 e. The molecule has 1 aromatic heterocycles. The number of aromatic nitrogens is 1. The highest BCUT2D eigenvalue weighted by Crippen LogP contribution is 2.33. The SMILES string of the molecule is Cc1cc(N2CCC(C)(CCl)C2)ccn1. The molecule has 0 amide bonds. The molecule has 1 aliphatic heterocycles. The Morgan fingerprint density at radius 2 is 2.40 bits per heavy atom. The lowest BCUT2D eigenvalue weighted by Crippen LogP contribution is -2.25. The largest absolute Gasteiger partial charge is 0.371 e. The van der Waals surface area contributed by atoms with E-state index in [1.54, 1.807) is 0 Å². The Hall–Kier alpha value is -0.760. The third-order valence-electron chi connectivity index (χ3n) is 3.13. The second kappa shape index (κ2) is 4.01. The molecule has 1 saturated heterocycles. The number of hydrogen-bond donors (Lipinski definition) is 0. The van der Waals surface area contributed by atoms with E-state index in [0.717, 1.165) is 24.7 Å². The molecular formula is C12H17ClN2. The molecule has 0 aromatic carbocycles. The Kier molecular flexibility index (Phi) is 2.87. The minimum atomic E-state index is 0.277. The number of halogens is 1. The quantitative estimate of drug-likeness (QED) is 0.719. The molecule has 1 fully saturated rings. The summed E-state index contributed by atoms with van der Waals surface area (Å²) in [6, 6.07) is 4.22. The van der Waals surface area contributed by atoms with Gasteiger partial charge >= 0.3 is 0 Å². The average Bonchev–Trinajstić information content (AvgIpc) is 2.62. The lowest BCUT2D eigenvalue weighted by atomic mass is 9.93. The summed E-state index contributed by atoms with van der Waals surface area (Å²) in [5, 5.41) is 0. The Balaban J connectivity index is 2.14. The van der Waals surface area contributed by atoms with E-state index < -0.39 is 0 Å². The number of hydrogen-bond acceptors (Lipinski definition) is 2. The van der Waals surface area contributed by atoms with E-state index >= 15 is 0 Å². The summed E-state index contributed by atoms with van der Waals surface area (Å²) in [7, 11) is 0. The van der Waals surface area contributed by atoms with Crippen molar-refractivity contribution < 1.29 is 0 Å². The second-order valence-electron chi connectivity index (χ2n) is 4.77. The molecule has 1 aliphatic rings. The summed E-state index contributed by atoms with van der Waals surface area (Å²) in [5.41, 5.74) is 2.63. The van der Waals surface area contributed by atoms with Crippen molar-refractivity contribution in [2.24, 2.45) is 5.41 Å². The van der Waals surface area contributed by atoms with Crippen molar-refractivity contribution in [3.63, 3.8) is 0 Å². The Morgan fingerprint density at radius 3 is 3.00 bits per heavy atom. The summed E-state index contributed by atoms with van der Waals surface area (Å²) in [5.74, 6) is 0.744. The molecule has 0 saturated carbocycles. The summed E-state index contributed by atoms with van der Waals surface area (Å²) >= 11 is 5.99. The van der Waals surface area contributed by atoms with Crippen LogP contribution < -0.4 is 4.90 Å². The van der Waals surface area contributed by atoms with Gasteiger partial charge in [-0.3, -0.25) is 4.98 Å². The molecule has 0 N–H and O–H groups in total. The first-order chi connectivity index (χ1) is 7.13. The molecule has 0 bridgehead atoms. The van der Waals surface area contributed by atoms with Gasteiger partial charge in [0.1, 0.15) is 0 Å². The van der Waals surface area contributed by atoms with Crippen LogP contribution in [0.3, 0.4) is 0 Å². The van der Waals surface area contributed by atoms with Gasteiger partial charge in [-0.1, -0.05) is 6.92 Å². The van der Waals surface area contributed by atoms with E-state index in [1.165, 1.54) is 12.1 Å². The first-order valence-electron chi connectivity index (χ1n) is 5.37. The standard InChI is InChI=1S/C12H17ClN2/c1-10-7-11(3-5-14-10)15-6-4-12(2,8-13)9-15/h3,5,7H,4,6,8-9H2,1-2H3. The monoisotopic (exact) mass is 224 g/mol. The lowest BCUT2D eigenvalue weighted by Gasteiger charge is -2.23. The van der Waals surface area contributed by atoms with Crippen LogP contribution in [0.15, 0.2) is 18.3 Å². The fourth-order valence-corrected chi connectivity index (χ4v) is 2.30. The maximum Gasteiger partial charge on any atom is 0.0399 e. The van der Waals surface area contributed by atoms with Gasteiger partial charge in [-0.15, -0.1) is 11.6 Å². The number of nitrogens with zero attached hydrogens (tertiary/aromatic N) is 2. The molecule has 2 heterocycles. The normalized spacial score (nSPS) is 25.9. The van der Waals surface area contributed by atoms with Crippen molar-refractivity contribution in [2.45, 2.75) is 20.3 Å². The van der Waals surface area contributed by atoms with Gasteiger partial charge in [0.05, 0.1) is 0 Å². The molecule has 2 rings (SSSR count). The van der Waals surface area contributed by atoms with Gasteiger partial charge in [0.2, 0.25) is 0 Å². The number of alkyl halides is 1. The molecule has 0 spiro atoms. The molecule has 0 aliphatic carbocycles. The summed E-state index contributed by atoms with van der Waals surface area (Å²) in [6.45, 7) is 6.45. The third-order valence-corrected chi connectivity index (χ3v) is 3.77. The van der Waals surface area contributed by atoms with Crippen LogP contribution in [0.4, 0.5) is 5.69 Å². The molecule has 3 heteroatoms. The second-order valence-corrected chi connectivity index (χ2v) is 5.04. The highest BCUT2D eigenvalue weighted by atomic mass is 35.5. The molecule has 1 atom stereocenters. The van der Waals surface area contributed by atoms with Gasteiger partial charge in [0.25, 0.3) is 0 Å². The Morgan fingerprint density at radius 1 is 1.60 bits per heavy atom. The average molecular weight is 225 g/mol. The predicted molar refractivity (Wildman–Crippen MR) is 64.6 cm³/mol. The van der Waals surface area contributed by atoms with Crippen molar-refractivity contribution in [3.8, 4) is 0 Å². The minimum absolute atomic E-state index is 0.277. The zero-order valence-corrected chi connectivity index (χ0v) is 10.1. The van der Waals surface area contributed by atoms with E-state index in [0.29, 0.717) is 0 Å². The van der Waals surface area contributed by atoms with Gasteiger partial charge in [0.15, 0.2) is 0 Å². The molecule has 1 unspecified atom stereocenters. The van der Waals surface area contributed by atoms with Crippen LogP contribution in [0.1, 0.15) is 19.0 Å². The number of pyridine rings is 1. The van der Waals surface area contributed by atoms with Crippen molar-refractivity contribution in [1.29, 1.82) is 0 Å². The molecule has 1 aromatic rings. The lowest BCUT2D eigenvalue weighted by molar-refractivity contribution is 0.425. The highest BCUT2D eigenvalue weighted by Gasteiger charge is 2.32. The van der Waals surface area contributed by atoms with Gasteiger partial charge in [0, 0.05) is 42.0 Å². The van der Waals surface area contributed by atoms with Gasteiger partial charge in [-0.25, -0.2) is 0 Å². The molecule has 2 nitrogen and oxygen atoms in total. The zero-order chi connectivity index (χ0) is 10.9. The van der Waals surface area contributed by atoms with Crippen LogP contribution in [0.25, 0.3) is 0 Å². The molecule has 15 heavy (non-hydrogen) atoms. The predicted octanol–water partition coefficient (Wildman–Crippen LogP) is 2.85. The molecular weight excluding hydrogens is 208 g/mol. The third kappa shape index (κ3) is 2.25. The number of rotatable bonds is 2. The fourth-order valence-electron chi connectivity index (χ4n) is 2.08. The zero-order valence-electron chi connectivity index (χ0n) is 9.33. The topological polar surface area (TPSA) is 16.1 Å². The number of aryl methyl sites for hydroxylation is 1. The Bertz CT molecular complexity index is 353. The first-order valence-corrected chi connectivity index (χ1v) is 5.90. The van der Waals surface area contributed by atoms with Crippen LogP contribution in [0.5, 0.6) is 0 Å². The van der Waals surface area contributed by atoms with E-state index in [9.17, 15) is 0 Å². The van der Waals surface area contributed by atoms with Crippen LogP contribution in [-0.4, -0.2) is 24.0 Å². The summed E-state index contributed by atoms with van der Waals surface area (Å²) in [4.78, 5) is 6.61. The maximum atomic E-state index is 5.99. The van der Waals surface area contributed by atoms with Gasteiger partial charge in [-0.05, 0) is 25.5 Å². The van der Waals surface area contributed by atoms with Crippen LogP contribution in [-0.2, 0) is 0 Å². The minimum Gasteiger partial charge on any atom is -0.371 e. The number of anilines is 1. The maximum absolute atomic E-state index is 5.99. The van der Waals surface area contributed by atoms with E-state index in [-0.39, 0.29) is 5.41 Å². The highest BCUT2D eigenvalue weighted by molar-refractivity contribution is 6.18. The Labute approximate surface area is 96.3 Å². The van der Waals surface area contributed by atoms with Crippen molar-refractivity contribution >= 4 is 17.3 Å². The summed E-state index contributed by atoms with van der Waals surface area (Å²) in [6.07, 6.45) is 3.05. The summed E-state index contributed by atoms with van der Waals surface area (Å²) < 4.78 is 0. The van der Waals surface area contributed by atoms with Crippen molar-refractivity contribution in [2.75, 3.05) is 23.9 Å². The van der Waals surface area contributed by atoms with Crippen molar-refractivity contribution in [3.05, 3.63) is 24.0 Å². The fraction of sp³-hybridized carbons (Fsp3) is 0.583. The van der Waals surface area contributed by atoms with Crippen LogP contribution in [0, 0.1) is 12.3 Å². The van der Waals surface area contributed by atoms with Crippen molar-refractivity contribution in [1.82, 2.24) is 4.98 Å². The van der Waals surface area contributed by atoms with Gasteiger partial charge < -0.3 is 4.90 Å².